The number of rotatable bonds is 3. The Morgan fingerprint density at radius 3 is 2.90 bits per heavy atom. The SMILES string of the molecule is COC(=O)C(C)NC(=O)c1ccc2c(c1)NC(=O)CS2. The molecule has 0 aliphatic carbocycles. The molecule has 0 spiro atoms. The minimum atomic E-state index is -0.729. The second-order valence-electron chi connectivity index (χ2n) is 4.27. The summed E-state index contributed by atoms with van der Waals surface area (Å²) < 4.78 is 4.54. The molecular weight excluding hydrogens is 280 g/mol. The lowest BCUT2D eigenvalue weighted by Crippen LogP contribution is -2.39. The highest BCUT2D eigenvalue weighted by Gasteiger charge is 2.20. The van der Waals surface area contributed by atoms with Crippen molar-refractivity contribution in [3.8, 4) is 0 Å². The van der Waals surface area contributed by atoms with Crippen molar-refractivity contribution in [3.63, 3.8) is 0 Å². The van der Waals surface area contributed by atoms with Gasteiger partial charge >= 0.3 is 5.97 Å². The predicted molar refractivity (Wildman–Crippen MR) is 74.7 cm³/mol. The molecule has 1 atom stereocenters. The van der Waals surface area contributed by atoms with Gasteiger partial charge in [0.15, 0.2) is 0 Å². The molecule has 0 aromatic heterocycles. The fourth-order valence-electron chi connectivity index (χ4n) is 1.74. The number of hydrogen-bond acceptors (Lipinski definition) is 5. The molecule has 106 valence electrons. The molecule has 0 bridgehead atoms. The van der Waals surface area contributed by atoms with Crippen LogP contribution in [-0.4, -0.2) is 36.7 Å². The number of benzene rings is 1. The summed E-state index contributed by atoms with van der Waals surface area (Å²) in [5.74, 6) is -0.628. The van der Waals surface area contributed by atoms with Crippen LogP contribution in [0.3, 0.4) is 0 Å². The Kier molecular flexibility index (Phi) is 4.29. The zero-order chi connectivity index (χ0) is 14.7. The number of carbonyl (C=O) groups excluding carboxylic acids is 3. The number of ether oxygens (including phenoxy) is 1. The first kappa shape index (κ1) is 14.4. The van der Waals surface area contributed by atoms with E-state index in [0.717, 1.165) is 4.90 Å². The molecule has 0 radical (unpaired) electrons. The minimum absolute atomic E-state index is 0.0945. The molecule has 1 aliphatic heterocycles. The highest BCUT2D eigenvalue weighted by Crippen LogP contribution is 2.31. The number of esters is 1. The van der Waals surface area contributed by atoms with Crippen LogP contribution in [0.15, 0.2) is 23.1 Å². The van der Waals surface area contributed by atoms with E-state index in [2.05, 4.69) is 15.4 Å². The summed E-state index contributed by atoms with van der Waals surface area (Å²) in [4.78, 5) is 35.5. The third kappa shape index (κ3) is 3.11. The van der Waals surface area contributed by atoms with Crippen molar-refractivity contribution in [2.45, 2.75) is 17.9 Å². The molecule has 2 amide bonds. The van der Waals surface area contributed by atoms with Gasteiger partial charge in [-0.05, 0) is 25.1 Å². The summed E-state index contributed by atoms with van der Waals surface area (Å²) in [6, 6.07) is 4.30. The summed E-state index contributed by atoms with van der Waals surface area (Å²) in [6.07, 6.45) is 0. The van der Waals surface area contributed by atoms with Crippen LogP contribution in [0, 0.1) is 0 Å². The third-order valence-electron chi connectivity index (χ3n) is 2.78. The van der Waals surface area contributed by atoms with Gasteiger partial charge in [-0.3, -0.25) is 9.59 Å². The van der Waals surface area contributed by atoms with Gasteiger partial charge in [-0.1, -0.05) is 0 Å². The van der Waals surface area contributed by atoms with E-state index in [1.165, 1.54) is 18.9 Å². The summed E-state index contributed by atoms with van der Waals surface area (Å²) in [5, 5.41) is 5.24. The van der Waals surface area contributed by atoms with Gasteiger partial charge in [0.1, 0.15) is 6.04 Å². The van der Waals surface area contributed by atoms with Gasteiger partial charge in [0, 0.05) is 10.5 Å². The van der Waals surface area contributed by atoms with Crippen LogP contribution < -0.4 is 10.6 Å². The quantitative estimate of drug-likeness (QED) is 0.813. The van der Waals surface area contributed by atoms with E-state index in [1.807, 2.05) is 0 Å². The molecule has 1 aromatic rings. The highest BCUT2D eigenvalue weighted by molar-refractivity contribution is 8.00. The summed E-state index contributed by atoms with van der Waals surface area (Å²) in [5.41, 5.74) is 0.993. The van der Waals surface area contributed by atoms with Crippen LogP contribution in [0.25, 0.3) is 0 Å². The van der Waals surface area contributed by atoms with E-state index in [0.29, 0.717) is 17.0 Å². The Morgan fingerprint density at radius 1 is 1.45 bits per heavy atom. The van der Waals surface area contributed by atoms with Gasteiger partial charge in [0.25, 0.3) is 5.91 Å². The zero-order valence-corrected chi connectivity index (χ0v) is 11.9. The molecule has 0 saturated heterocycles. The van der Waals surface area contributed by atoms with Crippen molar-refractivity contribution in [1.82, 2.24) is 5.32 Å². The number of carbonyl (C=O) groups is 3. The van der Waals surface area contributed by atoms with Crippen molar-refractivity contribution < 1.29 is 19.1 Å². The van der Waals surface area contributed by atoms with Gasteiger partial charge in [0.2, 0.25) is 5.91 Å². The number of anilines is 1. The number of methoxy groups -OCH3 is 1. The lowest BCUT2D eigenvalue weighted by atomic mass is 10.1. The van der Waals surface area contributed by atoms with Crippen molar-refractivity contribution in [1.29, 1.82) is 0 Å². The maximum absolute atomic E-state index is 12.0. The summed E-state index contributed by atoms with van der Waals surface area (Å²) in [7, 11) is 1.26. The van der Waals surface area contributed by atoms with E-state index in [1.54, 1.807) is 25.1 Å². The first-order valence-corrected chi connectivity index (χ1v) is 6.95. The van der Waals surface area contributed by atoms with E-state index < -0.39 is 17.9 Å². The number of hydrogen-bond donors (Lipinski definition) is 2. The topological polar surface area (TPSA) is 84.5 Å². The van der Waals surface area contributed by atoms with Gasteiger partial charge in [-0.15, -0.1) is 11.8 Å². The molecule has 1 aromatic carbocycles. The molecule has 6 nitrogen and oxygen atoms in total. The molecule has 7 heteroatoms. The maximum Gasteiger partial charge on any atom is 0.328 e. The van der Waals surface area contributed by atoms with Crippen molar-refractivity contribution in [3.05, 3.63) is 23.8 Å². The first-order chi connectivity index (χ1) is 9.51. The Hall–Kier alpha value is -2.02. The lowest BCUT2D eigenvalue weighted by molar-refractivity contribution is -0.142. The second-order valence-corrected chi connectivity index (χ2v) is 5.28. The molecule has 1 unspecified atom stereocenters. The number of thioether (sulfide) groups is 1. The van der Waals surface area contributed by atoms with Crippen LogP contribution in [-0.2, 0) is 14.3 Å². The average Bonchev–Trinajstić information content (AvgIpc) is 2.45. The second kappa shape index (κ2) is 5.96. The normalized spacial score (nSPS) is 14.8. The lowest BCUT2D eigenvalue weighted by Gasteiger charge is -2.17. The third-order valence-corrected chi connectivity index (χ3v) is 3.85. The van der Waals surface area contributed by atoms with Gasteiger partial charge in [0.05, 0.1) is 18.6 Å². The van der Waals surface area contributed by atoms with Crippen molar-refractivity contribution in [2.75, 3.05) is 18.2 Å². The monoisotopic (exact) mass is 294 g/mol. The summed E-state index contributed by atoms with van der Waals surface area (Å²) >= 11 is 1.42. The predicted octanol–water partition coefficient (Wildman–Crippen LogP) is 1.02. The maximum atomic E-state index is 12.0. The number of nitrogens with one attached hydrogen (secondary N) is 2. The van der Waals surface area contributed by atoms with E-state index >= 15 is 0 Å². The highest BCUT2D eigenvalue weighted by atomic mass is 32.2. The molecule has 2 rings (SSSR count). The average molecular weight is 294 g/mol. The van der Waals surface area contributed by atoms with E-state index in [4.69, 9.17) is 0 Å². The van der Waals surface area contributed by atoms with E-state index in [-0.39, 0.29) is 5.91 Å². The molecule has 0 fully saturated rings. The van der Waals surface area contributed by atoms with Gasteiger partial charge in [-0.2, -0.15) is 0 Å². The fourth-order valence-corrected chi connectivity index (χ4v) is 2.53. The minimum Gasteiger partial charge on any atom is -0.467 e. The first-order valence-electron chi connectivity index (χ1n) is 5.96. The Bertz CT molecular complexity index is 573. The Morgan fingerprint density at radius 2 is 2.20 bits per heavy atom. The molecule has 20 heavy (non-hydrogen) atoms. The number of amides is 2. The summed E-state index contributed by atoms with van der Waals surface area (Å²) in [6.45, 7) is 1.54. The molecule has 0 saturated carbocycles. The van der Waals surface area contributed by atoms with Crippen LogP contribution in [0.4, 0.5) is 5.69 Å². The molecule has 1 heterocycles. The van der Waals surface area contributed by atoms with Crippen LogP contribution in [0.1, 0.15) is 17.3 Å². The van der Waals surface area contributed by atoms with Crippen LogP contribution >= 0.6 is 11.8 Å². The molecular formula is C13H14N2O4S. The molecule has 1 aliphatic rings. The van der Waals surface area contributed by atoms with Crippen molar-refractivity contribution >= 4 is 35.2 Å². The smallest absolute Gasteiger partial charge is 0.328 e. The Labute approximate surface area is 120 Å². The van der Waals surface area contributed by atoms with E-state index in [9.17, 15) is 14.4 Å². The van der Waals surface area contributed by atoms with Crippen molar-refractivity contribution in [2.24, 2.45) is 0 Å². The standard InChI is InChI=1S/C13H14N2O4S/c1-7(13(18)19-2)14-12(17)8-3-4-10-9(5-8)15-11(16)6-20-10/h3-5,7H,6H2,1-2H3,(H,14,17)(H,15,16). The largest absolute Gasteiger partial charge is 0.467 e. The van der Waals surface area contributed by atoms with Crippen LogP contribution in [0.2, 0.25) is 0 Å². The Balaban J connectivity index is 2.13. The molecule has 2 N–H and O–H groups in total. The zero-order valence-electron chi connectivity index (χ0n) is 11.1. The number of fused-ring (bicyclic) bond motifs is 1. The fraction of sp³-hybridized carbons (Fsp3) is 0.308. The van der Waals surface area contributed by atoms with Gasteiger partial charge < -0.3 is 15.4 Å². The van der Waals surface area contributed by atoms with Gasteiger partial charge in [-0.25, -0.2) is 4.79 Å². The van der Waals surface area contributed by atoms with Crippen LogP contribution in [0.5, 0.6) is 0 Å².